The molecule has 21 heavy (non-hydrogen) atoms. The van der Waals surface area contributed by atoms with E-state index in [0.29, 0.717) is 52.2 Å². The number of carbonyl (C=O) groups is 1. The van der Waals surface area contributed by atoms with Crippen LogP contribution in [0.2, 0.25) is 0 Å². The number of likely N-dealkylation sites (tertiary alicyclic amines) is 1. The van der Waals surface area contributed by atoms with Gasteiger partial charge in [-0.25, -0.2) is 8.42 Å². The molecular formula is C13H21N3O4S. The molecule has 118 valence electrons. The van der Waals surface area contributed by atoms with Crippen molar-refractivity contribution in [2.75, 3.05) is 45.1 Å². The normalized spacial score (nSPS) is 22.0. The van der Waals surface area contributed by atoms with E-state index in [-0.39, 0.29) is 24.0 Å². The van der Waals surface area contributed by atoms with Crippen molar-refractivity contribution in [2.45, 2.75) is 19.3 Å². The maximum absolute atomic E-state index is 12.1. The van der Waals surface area contributed by atoms with E-state index in [2.05, 4.69) is 6.07 Å². The first-order valence-electron chi connectivity index (χ1n) is 7.26. The van der Waals surface area contributed by atoms with Crippen LogP contribution < -0.4 is 0 Å². The van der Waals surface area contributed by atoms with E-state index in [1.807, 2.05) is 0 Å². The van der Waals surface area contributed by atoms with Gasteiger partial charge in [-0.3, -0.25) is 4.79 Å². The van der Waals surface area contributed by atoms with E-state index in [0.717, 1.165) is 0 Å². The van der Waals surface area contributed by atoms with Crippen LogP contribution in [0, 0.1) is 17.2 Å². The molecule has 0 aromatic carbocycles. The largest absolute Gasteiger partial charge is 0.379 e. The Balaban J connectivity index is 1.79. The Labute approximate surface area is 125 Å². The second kappa shape index (κ2) is 7.20. The van der Waals surface area contributed by atoms with Gasteiger partial charge in [-0.1, -0.05) is 0 Å². The zero-order valence-corrected chi connectivity index (χ0v) is 12.8. The van der Waals surface area contributed by atoms with Crippen molar-refractivity contribution in [3.63, 3.8) is 0 Å². The van der Waals surface area contributed by atoms with Gasteiger partial charge in [-0.15, -0.1) is 0 Å². The van der Waals surface area contributed by atoms with Gasteiger partial charge in [0.1, 0.15) is 0 Å². The van der Waals surface area contributed by atoms with Crippen LogP contribution in [0.1, 0.15) is 19.3 Å². The highest BCUT2D eigenvalue weighted by Crippen LogP contribution is 2.17. The molecule has 2 saturated heterocycles. The fraction of sp³-hybridized carbons (Fsp3) is 0.846. The van der Waals surface area contributed by atoms with E-state index in [1.165, 1.54) is 4.31 Å². The number of piperidine rings is 1. The van der Waals surface area contributed by atoms with Gasteiger partial charge in [-0.05, 0) is 12.8 Å². The van der Waals surface area contributed by atoms with Gasteiger partial charge < -0.3 is 9.64 Å². The fourth-order valence-corrected chi connectivity index (χ4v) is 3.98. The smallest absolute Gasteiger partial charge is 0.223 e. The summed E-state index contributed by atoms with van der Waals surface area (Å²) in [6, 6.07) is 2.21. The molecule has 0 N–H and O–H groups in total. The first kappa shape index (κ1) is 16.2. The minimum absolute atomic E-state index is 0.0108. The number of morpholine rings is 1. The third-order valence-electron chi connectivity index (χ3n) is 3.97. The third-order valence-corrected chi connectivity index (χ3v) is 5.84. The molecule has 0 bridgehead atoms. The van der Waals surface area contributed by atoms with Crippen LogP contribution >= 0.6 is 0 Å². The van der Waals surface area contributed by atoms with Gasteiger partial charge in [0.25, 0.3) is 0 Å². The standard InChI is InChI=1S/C13H21N3O4S/c14-11-12-1-4-15(5-2-12)13(17)3-10-21(18,19)16-6-8-20-9-7-16/h12H,1-10H2. The monoisotopic (exact) mass is 315 g/mol. The minimum Gasteiger partial charge on any atom is -0.379 e. The Hall–Kier alpha value is -1.17. The van der Waals surface area contributed by atoms with E-state index >= 15 is 0 Å². The molecule has 1 amide bonds. The van der Waals surface area contributed by atoms with Crippen molar-refractivity contribution in [3.05, 3.63) is 0 Å². The van der Waals surface area contributed by atoms with Crippen molar-refractivity contribution >= 4 is 15.9 Å². The molecule has 2 aliphatic rings. The quantitative estimate of drug-likeness (QED) is 0.716. The molecule has 2 aliphatic heterocycles. The minimum atomic E-state index is -3.38. The van der Waals surface area contributed by atoms with E-state index in [9.17, 15) is 13.2 Å². The Morgan fingerprint density at radius 3 is 2.38 bits per heavy atom. The number of ether oxygens (including phenoxy) is 1. The molecule has 0 spiro atoms. The molecule has 7 nitrogen and oxygen atoms in total. The van der Waals surface area contributed by atoms with E-state index in [4.69, 9.17) is 10.00 Å². The number of nitrogens with zero attached hydrogens (tertiary/aromatic N) is 3. The SMILES string of the molecule is N#CC1CCN(C(=O)CCS(=O)(=O)N2CCOCC2)CC1. The molecule has 8 heteroatoms. The third kappa shape index (κ3) is 4.40. The van der Waals surface area contributed by atoms with Crippen molar-refractivity contribution in [1.82, 2.24) is 9.21 Å². The molecule has 0 aromatic rings. The number of amides is 1. The summed E-state index contributed by atoms with van der Waals surface area (Å²) >= 11 is 0. The topological polar surface area (TPSA) is 90.7 Å². The molecule has 2 heterocycles. The van der Waals surface area contributed by atoms with Crippen molar-refractivity contribution in [2.24, 2.45) is 5.92 Å². The summed E-state index contributed by atoms with van der Waals surface area (Å²) < 4.78 is 30.8. The van der Waals surface area contributed by atoms with Gasteiger partial charge in [-0.2, -0.15) is 9.57 Å². The summed E-state index contributed by atoms with van der Waals surface area (Å²) in [6.07, 6.45) is 1.37. The van der Waals surface area contributed by atoms with Crippen LogP contribution in [0.3, 0.4) is 0 Å². The molecule has 2 rings (SSSR count). The van der Waals surface area contributed by atoms with Crippen LogP contribution in [-0.4, -0.2) is 68.7 Å². The maximum atomic E-state index is 12.1. The summed E-state index contributed by atoms with van der Waals surface area (Å²) in [6.45, 7) is 2.65. The zero-order valence-electron chi connectivity index (χ0n) is 12.0. The molecule has 0 unspecified atom stereocenters. The molecule has 0 aromatic heterocycles. The van der Waals surface area contributed by atoms with E-state index < -0.39 is 10.0 Å². The molecule has 0 aliphatic carbocycles. The van der Waals surface area contributed by atoms with E-state index in [1.54, 1.807) is 4.90 Å². The predicted molar refractivity (Wildman–Crippen MR) is 75.7 cm³/mol. The molecular weight excluding hydrogens is 294 g/mol. The summed E-state index contributed by atoms with van der Waals surface area (Å²) in [4.78, 5) is 13.7. The van der Waals surface area contributed by atoms with Gasteiger partial charge in [0.05, 0.1) is 25.0 Å². The van der Waals surface area contributed by atoms with Crippen LogP contribution in [0.5, 0.6) is 0 Å². The number of rotatable bonds is 4. The zero-order chi connectivity index (χ0) is 15.3. The van der Waals surface area contributed by atoms with Gasteiger partial charge in [0.15, 0.2) is 0 Å². The average Bonchev–Trinajstić information content (AvgIpc) is 2.53. The average molecular weight is 315 g/mol. The van der Waals surface area contributed by atoms with Crippen LogP contribution in [0.25, 0.3) is 0 Å². The van der Waals surface area contributed by atoms with Crippen molar-refractivity contribution < 1.29 is 17.9 Å². The Morgan fingerprint density at radius 1 is 1.19 bits per heavy atom. The maximum Gasteiger partial charge on any atom is 0.223 e. The summed E-state index contributed by atoms with van der Waals surface area (Å²) in [5.41, 5.74) is 0. The predicted octanol–water partition coefficient (Wildman–Crippen LogP) is -0.199. The lowest BCUT2D eigenvalue weighted by atomic mass is 9.98. The first-order chi connectivity index (χ1) is 10.0. The molecule has 0 radical (unpaired) electrons. The van der Waals surface area contributed by atoms with Crippen LogP contribution in [0.4, 0.5) is 0 Å². The van der Waals surface area contributed by atoms with Crippen molar-refractivity contribution in [1.29, 1.82) is 5.26 Å². The second-order valence-electron chi connectivity index (χ2n) is 5.36. The summed E-state index contributed by atoms with van der Waals surface area (Å²) in [5, 5.41) is 8.82. The first-order valence-corrected chi connectivity index (χ1v) is 8.87. The Morgan fingerprint density at radius 2 is 1.81 bits per heavy atom. The lowest BCUT2D eigenvalue weighted by molar-refractivity contribution is -0.131. The summed E-state index contributed by atoms with van der Waals surface area (Å²) in [5.74, 6) is -0.265. The highest BCUT2D eigenvalue weighted by Gasteiger charge is 2.27. The van der Waals surface area contributed by atoms with Gasteiger partial charge in [0, 0.05) is 38.5 Å². The van der Waals surface area contributed by atoms with Crippen molar-refractivity contribution in [3.8, 4) is 6.07 Å². The Kier molecular flexibility index (Phi) is 5.56. The molecule has 2 fully saturated rings. The van der Waals surface area contributed by atoms with Crippen LogP contribution in [-0.2, 0) is 19.6 Å². The lowest BCUT2D eigenvalue weighted by Gasteiger charge is -2.30. The Bertz CT molecular complexity index is 500. The molecule has 0 atom stereocenters. The molecule has 0 saturated carbocycles. The highest BCUT2D eigenvalue weighted by molar-refractivity contribution is 7.89. The number of nitriles is 1. The van der Waals surface area contributed by atoms with Crippen LogP contribution in [0.15, 0.2) is 0 Å². The highest BCUT2D eigenvalue weighted by atomic mass is 32.2. The number of hydrogen-bond donors (Lipinski definition) is 0. The fourth-order valence-electron chi connectivity index (χ4n) is 2.59. The van der Waals surface area contributed by atoms with Gasteiger partial charge in [0.2, 0.25) is 15.9 Å². The second-order valence-corrected chi connectivity index (χ2v) is 7.45. The summed E-state index contributed by atoms with van der Waals surface area (Å²) in [7, 11) is -3.38. The van der Waals surface area contributed by atoms with Gasteiger partial charge >= 0.3 is 0 Å². The number of carbonyl (C=O) groups excluding carboxylic acids is 1. The number of sulfonamides is 1. The number of hydrogen-bond acceptors (Lipinski definition) is 5. The lowest BCUT2D eigenvalue weighted by Crippen LogP contribution is -2.43.